The van der Waals surface area contributed by atoms with Crippen LogP contribution in [-0.4, -0.2) is 15.0 Å². The van der Waals surface area contributed by atoms with Crippen LogP contribution in [-0.2, 0) is 10.8 Å². The Labute approximate surface area is 289 Å². The molecule has 4 bridgehead atoms. The van der Waals surface area contributed by atoms with Gasteiger partial charge in [-0.2, -0.15) is 0 Å². The van der Waals surface area contributed by atoms with Gasteiger partial charge in [0.05, 0.1) is 0 Å². The Morgan fingerprint density at radius 3 is 1.45 bits per heavy atom. The van der Waals surface area contributed by atoms with Gasteiger partial charge in [0.1, 0.15) is 0 Å². The third-order valence-electron chi connectivity index (χ3n) is 12.8. The number of benzene rings is 5. The lowest BCUT2D eigenvalue weighted by atomic mass is 9.39. The van der Waals surface area contributed by atoms with Gasteiger partial charge < -0.3 is 0 Å². The molecular weight excluding hydrogens is 595 g/mol. The number of aromatic nitrogens is 3. The summed E-state index contributed by atoms with van der Waals surface area (Å²) in [4.78, 5) is 15.5. The van der Waals surface area contributed by atoms with E-state index in [-0.39, 0.29) is 10.8 Å². The van der Waals surface area contributed by atoms with Crippen LogP contribution in [0.4, 0.5) is 0 Å². The molecule has 0 atom stereocenters. The Bertz CT molecular complexity index is 2170. The fourth-order valence-electron chi connectivity index (χ4n) is 10.8. The van der Waals surface area contributed by atoms with Crippen LogP contribution < -0.4 is 0 Å². The molecule has 0 amide bonds. The molecule has 0 saturated heterocycles. The van der Waals surface area contributed by atoms with E-state index in [4.69, 9.17) is 15.0 Å². The maximum Gasteiger partial charge on any atom is 0.164 e. The Balaban J connectivity index is 1.16. The van der Waals surface area contributed by atoms with E-state index in [0.717, 1.165) is 34.4 Å². The van der Waals surface area contributed by atoms with Crippen molar-refractivity contribution in [3.05, 3.63) is 150 Å². The van der Waals surface area contributed by atoms with Gasteiger partial charge in [-0.15, -0.1) is 0 Å². The molecular formula is C46H41N3. The van der Waals surface area contributed by atoms with E-state index in [1.165, 1.54) is 59.9 Å². The van der Waals surface area contributed by atoms with Crippen molar-refractivity contribution in [3.63, 3.8) is 0 Å². The van der Waals surface area contributed by atoms with Crippen LogP contribution in [0.5, 0.6) is 0 Å². The van der Waals surface area contributed by atoms with Crippen molar-refractivity contribution >= 4 is 0 Å². The molecule has 0 N–H and O–H groups in total. The number of rotatable bonds is 4. The van der Waals surface area contributed by atoms with Crippen LogP contribution in [0.2, 0.25) is 0 Å². The first kappa shape index (κ1) is 29.1. The molecule has 49 heavy (non-hydrogen) atoms. The molecule has 4 fully saturated rings. The molecule has 5 aliphatic carbocycles. The van der Waals surface area contributed by atoms with Crippen molar-refractivity contribution in [2.75, 3.05) is 0 Å². The lowest BCUT2D eigenvalue weighted by molar-refractivity contribution is -0.0443. The number of hydrogen-bond acceptors (Lipinski definition) is 3. The molecule has 4 saturated carbocycles. The average molecular weight is 636 g/mol. The second-order valence-corrected chi connectivity index (χ2v) is 15.7. The number of fused-ring (bicyclic) bond motifs is 2. The monoisotopic (exact) mass is 635 g/mol. The van der Waals surface area contributed by atoms with Gasteiger partial charge in [0.2, 0.25) is 0 Å². The van der Waals surface area contributed by atoms with E-state index in [0.29, 0.717) is 23.5 Å². The van der Waals surface area contributed by atoms with Crippen molar-refractivity contribution in [1.29, 1.82) is 0 Å². The van der Waals surface area contributed by atoms with Crippen LogP contribution in [0.3, 0.4) is 0 Å². The minimum atomic E-state index is -0.0790. The van der Waals surface area contributed by atoms with Crippen molar-refractivity contribution in [2.24, 2.45) is 23.7 Å². The van der Waals surface area contributed by atoms with Gasteiger partial charge in [-0.25, -0.2) is 15.0 Å². The van der Waals surface area contributed by atoms with Gasteiger partial charge in [-0.1, -0.05) is 135 Å². The Hall–Kier alpha value is -4.89. The summed E-state index contributed by atoms with van der Waals surface area (Å²) in [7, 11) is 0. The molecule has 5 aromatic carbocycles. The van der Waals surface area contributed by atoms with Crippen molar-refractivity contribution in [3.8, 4) is 45.3 Å². The van der Waals surface area contributed by atoms with Crippen molar-refractivity contribution < 1.29 is 0 Å². The predicted octanol–water partition coefficient (Wildman–Crippen LogP) is 10.9. The first-order valence-electron chi connectivity index (χ1n) is 18.2. The molecule has 1 aromatic heterocycles. The highest BCUT2D eigenvalue weighted by molar-refractivity contribution is 5.72. The fourth-order valence-corrected chi connectivity index (χ4v) is 10.8. The summed E-state index contributed by atoms with van der Waals surface area (Å²) in [6.45, 7) is 4.86. The number of nitrogens with zero attached hydrogens (tertiary/aromatic N) is 3. The maximum absolute atomic E-state index is 5.23. The highest BCUT2D eigenvalue weighted by Crippen LogP contribution is 2.68. The second kappa shape index (κ2) is 10.8. The molecule has 5 aliphatic rings. The smallest absolute Gasteiger partial charge is 0.164 e. The highest BCUT2D eigenvalue weighted by atomic mass is 15.0. The fraction of sp³-hybridized carbons (Fsp3) is 0.283. The van der Waals surface area contributed by atoms with Gasteiger partial charge >= 0.3 is 0 Å². The van der Waals surface area contributed by atoms with Crippen LogP contribution in [0.15, 0.2) is 127 Å². The molecule has 240 valence electrons. The molecule has 11 rings (SSSR count). The quantitative estimate of drug-likeness (QED) is 0.193. The van der Waals surface area contributed by atoms with Gasteiger partial charge in [-0.05, 0) is 95.2 Å². The van der Waals surface area contributed by atoms with Gasteiger partial charge in [0, 0.05) is 27.5 Å². The van der Waals surface area contributed by atoms with Crippen molar-refractivity contribution in [2.45, 2.75) is 56.8 Å². The summed E-state index contributed by atoms with van der Waals surface area (Å²) in [6, 6.07) is 46.2. The van der Waals surface area contributed by atoms with Gasteiger partial charge in [0.25, 0.3) is 0 Å². The molecule has 1 heterocycles. The zero-order chi connectivity index (χ0) is 32.7. The summed E-state index contributed by atoms with van der Waals surface area (Å²) in [5.41, 5.74) is 11.6. The van der Waals surface area contributed by atoms with E-state index in [2.05, 4.69) is 135 Å². The van der Waals surface area contributed by atoms with E-state index in [1.807, 2.05) is 6.07 Å². The normalized spacial score (nSPS) is 25.6. The molecule has 3 nitrogen and oxygen atoms in total. The Kier molecular flexibility index (Phi) is 6.41. The highest BCUT2D eigenvalue weighted by Gasteiger charge is 2.62. The van der Waals surface area contributed by atoms with Gasteiger partial charge in [-0.3, -0.25) is 0 Å². The minimum absolute atomic E-state index is 0.0519. The lowest BCUT2D eigenvalue weighted by Gasteiger charge is -2.64. The molecule has 0 unspecified atom stereocenters. The molecule has 6 aromatic rings. The topological polar surface area (TPSA) is 38.7 Å². The first-order valence-corrected chi connectivity index (χ1v) is 18.2. The van der Waals surface area contributed by atoms with Crippen LogP contribution in [0.1, 0.15) is 68.2 Å². The standard InChI is InChI=1S/C46H41N3/c1-45(2)38-15-9-10-16-40(38)46(36-24-29-23-30(26-36)27-37(46)25-29)41-28-35(21-22-39(41)45)44-48-42(33-13-7-4-8-14-33)47-43(49-44)34-19-17-32(18-20-34)31-11-5-3-6-12-31/h3-22,28-30,36-37H,23-27H2,1-2H3. The van der Waals surface area contributed by atoms with E-state index in [1.54, 1.807) is 5.56 Å². The van der Waals surface area contributed by atoms with Crippen LogP contribution >= 0.6 is 0 Å². The predicted molar refractivity (Wildman–Crippen MR) is 198 cm³/mol. The summed E-state index contributed by atoms with van der Waals surface area (Å²) < 4.78 is 0. The SMILES string of the molecule is CC1(C)c2ccccc2C2(c3cc(-c4nc(-c5ccccc5)nc(-c5ccc(-c6ccccc6)cc5)n4)ccc31)C1CC3CC(C1)CC2C3. The zero-order valence-corrected chi connectivity index (χ0v) is 28.3. The summed E-state index contributed by atoms with van der Waals surface area (Å²) in [5, 5.41) is 0. The lowest BCUT2D eigenvalue weighted by Crippen LogP contribution is -2.58. The summed E-state index contributed by atoms with van der Waals surface area (Å²) >= 11 is 0. The number of hydrogen-bond donors (Lipinski definition) is 0. The third kappa shape index (κ3) is 4.37. The van der Waals surface area contributed by atoms with Crippen LogP contribution in [0.25, 0.3) is 45.3 Å². The second-order valence-electron chi connectivity index (χ2n) is 15.7. The maximum atomic E-state index is 5.23. The van der Waals surface area contributed by atoms with E-state index >= 15 is 0 Å². The Morgan fingerprint density at radius 1 is 0.408 bits per heavy atom. The molecule has 0 aliphatic heterocycles. The van der Waals surface area contributed by atoms with Gasteiger partial charge in [0.15, 0.2) is 17.5 Å². The third-order valence-corrected chi connectivity index (χ3v) is 12.8. The van der Waals surface area contributed by atoms with E-state index in [9.17, 15) is 0 Å². The van der Waals surface area contributed by atoms with Crippen molar-refractivity contribution in [1.82, 2.24) is 15.0 Å². The minimum Gasteiger partial charge on any atom is -0.208 e. The molecule has 0 radical (unpaired) electrons. The average Bonchev–Trinajstić information content (AvgIpc) is 3.15. The Morgan fingerprint density at radius 2 is 0.837 bits per heavy atom. The summed E-state index contributed by atoms with van der Waals surface area (Å²) in [6.07, 6.45) is 6.89. The first-order chi connectivity index (χ1) is 24.0. The van der Waals surface area contributed by atoms with E-state index < -0.39 is 0 Å². The summed E-state index contributed by atoms with van der Waals surface area (Å²) in [5.74, 6) is 5.33. The zero-order valence-electron chi connectivity index (χ0n) is 28.3. The van der Waals surface area contributed by atoms with Crippen LogP contribution in [0, 0.1) is 23.7 Å². The molecule has 3 heteroatoms. The molecule has 1 spiro atoms. The largest absolute Gasteiger partial charge is 0.208 e.